The minimum absolute atomic E-state index is 0.0738. The van der Waals surface area contributed by atoms with E-state index in [0.717, 1.165) is 6.42 Å². The summed E-state index contributed by atoms with van der Waals surface area (Å²) in [4.78, 5) is 24.7. The highest BCUT2D eigenvalue weighted by atomic mass is 16.4. The molecule has 0 aromatic heterocycles. The van der Waals surface area contributed by atoms with Crippen LogP contribution in [0.4, 0.5) is 4.79 Å². The van der Waals surface area contributed by atoms with Crippen LogP contribution >= 0.6 is 0 Å². The van der Waals surface area contributed by atoms with Gasteiger partial charge in [-0.2, -0.15) is 0 Å². The summed E-state index contributed by atoms with van der Waals surface area (Å²) in [5.74, 6) is -0.905. The maximum absolute atomic E-state index is 12.2. The van der Waals surface area contributed by atoms with Crippen molar-refractivity contribution in [3.63, 3.8) is 0 Å². The van der Waals surface area contributed by atoms with Crippen molar-refractivity contribution in [3.05, 3.63) is 0 Å². The Morgan fingerprint density at radius 3 is 2.00 bits per heavy atom. The molecular weight excluding hydrogens is 244 g/mol. The topological polar surface area (TPSA) is 69.6 Å². The van der Waals surface area contributed by atoms with Gasteiger partial charge in [-0.3, -0.25) is 4.79 Å². The van der Waals surface area contributed by atoms with Gasteiger partial charge >= 0.3 is 12.0 Å². The fourth-order valence-corrected chi connectivity index (χ4v) is 1.51. The van der Waals surface area contributed by atoms with Gasteiger partial charge in [-0.05, 0) is 25.7 Å². The molecule has 1 unspecified atom stereocenters. The van der Waals surface area contributed by atoms with Crippen LogP contribution in [-0.2, 0) is 4.79 Å². The normalized spacial score (nSPS) is 13.8. The second-order valence-electron chi connectivity index (χ2n) is 6.69. The maximum atomic E-state index is 12.2. The molecule has 2 amide bonds. The number of aliphatic carboxylic acids is 1. The standard InChI is InChI=1S/C14H28N2O3/c1-8-14(5,6)16(7)12(19)15-10(9-11(17)18)13(2,3)4/h10H,8-9H2,1-7H3,(H,15,19)(H,17,18). The number of urea groups is 1. The van der Waals surface area contributed by atoms with Gasteiger partial charge in [0.05, 0.1) is 6.42 Å². The second kappa shape index (κ2) is 6.26. The Kier molecular flexibility index (Phi) is 5.84. The zero-order valence-corrected chi connectivity index (χ0v) is 13.2. The Balaban J connectivity index is 4.87. The molecule has 19 heavy (non-hydrogen) atoms. The number of carboxylic acids is 1. The molecule has 0 spiro atoms. The average Bonchev–Trinajstić information content (AvgIpc) is 2.25. The van der Waals surface area contributed by atoms with Gasteiger partial charge in [-0.15, -0.1) is 0 Å². The third-order valence-corrected chi connectivity index (χ3v) is 3.80. The van der Waals surface area contributed by atoms with E-state index < -0.39 is 12.0 Å². The van der Waals surface area contributed by atoms with Crippen molar-refractivity contribution < 1.29 is 14.7 Å². The highest BCUT2D eigenvalue weighted by Crippen LogP contribution is 2.23. The van der Waals surface area contributed by atoms with Crippen LogP contribution in [0.3, 0.4) is 0 Å². The molecule has 0 bridgehead atoms. The van der Waals surface area contributed by atoms with E-state index in [4.69, 9.17) is 5.11 Å². The molecule has 112 valence electrons. The Morgan fingerprint density at radius 1 is 1.21 bits per heavy atom. The summed E-state index contributed by atoms with van der Waals surface area (Å²) in [6.45, 7) is 11.7. The summed E-state index contributed by atoms with van der Waals surface area (Å²) < 4.78 is 0. The van der Waals surface area contributed by atoms with E-state index in [-0.39, 0.29) is 23.4 Å². The molecule has 0 fully saturated rings. The monoisotopic (exact) mass is 272 g/mol. The van der Waals surface area contributed by atoms with Gasteiger partial charge in [0.15, 0.2) is 0 Å². The van der Waals surface area contributed by atoms with Crippen molar-refractivity contribution in [2.45, 2.75) is 66.0 Å². The van der Waals surface area contributed by atoms with Crippen molar-refractivity contribution in [2.75, 3.05) is 7.05 Å². The molecule has 0 saturated carbocycles. The number of hydrogen-bond acceptors (Lipinski definition) is 2. The number of nitrogens with one attached hydrogen (secondary N) is 1. The zero-order valence-electron chi connectivity index (χ0n) is 13.2. The quantitative estimate of drug-likeness (QED) is 0.808. The smallest absolute Gasteiger partial charge is 0.317 e. The van der Waals surface area contributed by atoms with E-state index >= 15 is 0 Å². The maximum Gasteiger partial charge on any atom is 0.317 e. The predicted molar refractivity (Wildman–Crippen MR) is 76.2 cm³/mol. The molecular formula is C14H28N2O3. The van der Waals surface area contributed by atoms with Crippen LogP contribution in [0.15, 0.2) is 0 Å². The molecule has 5 heteroatoms. The fraction of sp³-hybridized carbons (Fsp3) is 0.857. The van der Waals surface area contributed by atoms with E-state index in [2.05, 4.69) is 5.32 Å². The van der Waals surface area contributed by atoms with E-state index in [9.17, 15) is 9.59 Å². The number of amides is 2. The van der Waals surface area contributed by atoms with E-state index in [0.29, 0.717) is 0 Å². The van der Waals surface area contributed by atoms with Crippen molar-refractivity contribution in [1.29, 1.82) is 0 Å². The first kappa shape index (κ1) is 17.7. The summed E-state index contributed by atoms with van der Waals surface area (Å²) in [6.07, 6.45) is 0.756. The first-order valence-corrected chi connectivity index (χ1v) is 6.68. The van der Waals surface area contributed by atoms with Crippen molar-refractivity contribution >= 4 is 12.0 Å². The minimum atomic E-state index is -0.905. The lowest BCUT2D eigenvalue weighted by Gasteiger charge is -2.38. The molecule has 0 aliphatic rings. The van der Waals surface area contributed by atoms with E-state index in [1.807, 2.05) is 41.5 Å². The third-order valence-electron chi connectivity index (χ3n) is 3.80. The third kappa shape index (κ3) is 5.49. The molecule has 5 nitrogen and oxygen atoms in total. The molecule has 0 aromatic carbocycles. The highest BCUT2D eigenvalue weighted by Gasteiger charge is 2.32. The van der Waals surface area contributed by atoms with Crippen LogP contribution in [0.1, 0.15) is 54.4 Å². The molecule has 1 atom stereocenters. The minimum Gasteiger partial charge on any atom is -0.481 e. The lowest BCUT2D eigenvalue weighted by molar-refractivity contribution is -0.138. The molecule has 0 aromatic rings. The highest BCUT2D eigenvalue weighted by molar-refractivity contribution is 5.76. The molecule has 0 rings (SSSR count). The van der Waals surface area contributed by atoms with E-state index in [1.165, 1.54) is 0 Å². The number of carboxylic acid groups (broad SMARTS) is 1. The summed E-state index contributed by atoms with van der Waals surface area (Å²) in [5.41, 5.74) is -0.555. The number of nitrogens with zero attached hydrogens (tertiary/aromatic N) is 1. The number of rotatable bonds is 5. The summed E-state index contributed by atoms with van der Waals surface area (Å²) in [7, 11) is 1.74. The van der Waals surface area contributed by atoms with Crippen LogP contribution in [-0.4, -0.2) is 40.6 Å². The lowest BCUT2D eigenvalue weighted by atomic mass is 9.85. The Morgan fingerprint density at radius 2 is 1.68 bits per heavy atom. The number of carbonyl (C=O) groups excluding carboxylic acids is 1. The van der Waals surface area contributed by atoms with Gasteiger partial charge in [0.1, 0.15) is 0 Å². The molecule has 0 saturated heterocycles. The predicted octanol–water partition coefficient (Wildman–Crippen LogP) is 2.71. The first-order valence-electron chi connectivity index (χ1n) is 6.68. The largest absolute Gasteiger partial charge is 0.481 e. The second-order valence-corrected chi connectivity index (χ2v) is 6.69. The molecule has 0 aliphatic heterocycles. The van der Waals surface area contributed by atoms with E-state index in [1.54, 1.807) is 11.9 Å². The van der Waals surface area contributed by atoms with Gasteiger partial charge in [0.25, 0.3) is 0 Å². The van der Waals surface area contributed by atoms with Gasteiger partial charge in [0, 0.05) is 18.6 Å². The van der Waals surface area contributed by atoms with Gasteiger partial charge in [-0.1, -0.05) is 27.7 Å². The summed E-state index contributed by atoms with van der Waals surface area (Å²) >= 11 is 0. The van der Waals surface area contributed by atoms with Crippen LogP contribution in [0.2, 0.25) is 0 Å². The number of carbonyl (C=O) groups is 2. The Hall–Kier alpha value is -1.26. The first-order chi connectivity index (χ1) is 8.41. The summed E-state index contributed by atoms with van der Waals surface area (Å²) in [6, 6.07) is -0.624. The fourth-order valence-electron chi connectivity index (χ4n) is 1.51. The van der Waals surface area contributed by atoms with Crippen LogP contribution < -0.4 is 5.32 Å². The average molecular weight is 272 g/mol. The van der Waals surface area contributed by atoms with Crippen molar-refractivity contribution in [2.24, 2.45) is 5.41 Å². The zero-order chi connectivity index (χ0) is 15.4. The molecule has 0 aliphatic carbocycles. The molecule has 0 radical (unpaired) electrons. The molecule has 0 heterocycles. The lowest BCUT2D eigenvalue weighted by Crippen LogP contribution is -2.54. The van der Waals surface area contributed by atoms with Crippen LogP contribution in [0, 0.1) is 5.41 Å². The van der Waals surface area contributed by atoms with Gasteiger partial charge < -0.3 is 15.3 Å². The van der Waals surface area contributed by atoms with Crippen molar-refractivity contribution in [3.8, 4) is 0 Å². The summed E-state index contributed by atoms with van der Waals surface area (Å²) in [5, 5.41) is 11.8. The Labute approximate surface area is 116 Å². The van der Waals surface area contributed by atoms with Crippen molar-refractivity contribution in [1.82, 2.24) is 10.2 Å². The van der Waals surface area contributed by atoms with Crippen LogP contribution in [0.25, 0.3) is 0 Å². The van der Waals surface area contributed by atoms with Gasteiger partial charge in [-0.25, -0.2) is 4.79 Å². The number of hydrogen-bond donors (Lipinski definition) is 2. The van der Waals surface area contributed by atoms with Gasteiger partial charge in [0.2, 0.25) is 0 Å². The van der Waals surface area contributed by atoms with Crippen LogP contribution in [0.5, 0.6) is 0 Å². The Bertz CT molecular complexity index is 332. The molecule has 2 N–H and O–H groups in total. The SMILES string of the molecule is CCC(C)(C)N(C)C(=O)NC(CC(=O)O)C(C)(C)C.